The summed E-state index contributed by atoms with van der Waals surface area (Å²) in [5.41, 5.74) is 0.368. The third kappa shape index (κ3) is 3.30. The maximum atomic E-state index is 12.4. The minimum absolute atomic E-state index is 0.148. The number of nitrogens with zero attached hydrogens (tertiary/aromatic N) is 4. The van der Waals surface area contributed by atoms with Gasteiger partial charge in [0.25, 0.3) is 5.91 Å². The molecule has 1 aliphatic heterocycles. The van der Waals surface area contributed by atoms with Gasteiger partial charge in [0.15, 0.2) is 5.69 Å². The van der Waals surface area contributed by atoms with Gasteiger partial charge in [0.1, 0.15) is 0 Å². The second-order valence-corrected chi connectivity index (χ2v) is 7.47. The average Bonchev–Trinajstić information content (AvgIpc) is 3.28. The Labute approximate surface area is 141 Å². The number of hydrogen-bond acceptors (Lipinski definition) is 4. The summed E-state index contributed by atoms with van der Waals surface area (Å²) < 4.78 is 1.73. The normalized spacial score (nSPS) is 22.2. The van der Waals surface area contributed by atoms with E-state index in [4.69, 9.17) is 0 Å². The first-order chi connectivity index (χ1) is 11.7. The standard InChI is InChI=1S/C17H25N5O2/c23-16(18-8-12-6-7-12)15-11-22(20-19-15)14-9-21(10-14)17(24)13-4-2-1-3-5-13/h11-14H,1-10H2,(H,18,23). The molecule has 7 heteroatoms. The van der Waals surface area contributed by atoms with Crippen molar-refractivity contribution in [3.05, 3.63) is 11.9 Å². The van der Waals surface area contributed by atoms with E-state index in [0.29, 0.717) is 30.6 Å². The lowest BCUT2D eigenvalue weighted by Crippen LogP contribution is -2.53. The Hall–Kier alpha value is -1.92. The SMILES string of the molecule is O=C(NCC1CC1)c1cn(C2CN(C(=O)C3CCCCC3)C2)nn1. The Bertz CT molecular complexity index is 612. The molecule has 2 saturated carbocycles. The van der Waals surface area contributed by atoms with Gasteiger partial charge in [-0.2, -0.15) is 0 Å². The molecule has 0 spiro atoms. The van der Waals surface area contributed by atoms with E-state index < -0.39 is 0 Å². The monoisotopic (exact) mass is 331 g/mol. The van der Waals surface area contributed by atoms with E-state index >= 15 is 0 Å². The summed E-state index contributed by atoms with van der Waals surface area (Å²) in [6.07, 6.45) is 9.81. The summed E-state index contributed by atoms with van der Waals surface area (Å²) in [5, 5.41) is 11.0. The van der Waals surface area contributed by atoms with Gasteiger partial charge < -0.3 is 10.2 Å². The third-order valence-electron chi connectivity index (χ3n) is 5.49. The predicted molar refractivity (Wildman–Crippen MR) is 87.3 cm³/mol. The fourth-order valence-corrected chi connectivity index (χ4v) is 3.62. The van der Waals surface area contributed by atoms with Gasteiger partial charge in [0.2, 0.25) is 5.91 Å². The number of nitrogens with one attached hydrogen (secondary N) is 1. The summed E-state index contributed by atoms with van der Waals surface area (Å²) in [5.74, 6) is 1.02. The molecule has 1 N–H and O–H groups in total. The average molecular weight is 331 g/mol. The van der Waals surface area contributed by atoms with Crippen molar-refractivity contribution in [2.75, 3.05) is 19.6 Å². The van der Waals surface area contributed by atoms with Crippen molar-refractivity contribution in [3.63, 3.8) is 0 Å². The summed E-state index contributed by atoms with van der Waals surface area (Å²) >= 11 is 0. The van der Waals surface area contributed by atoms with Gasteiger partial charge in [-0.3, -0.25) is 9.59 Å². The fourth-order valence-electron chi connectivity index (χ4n) is 3.62. The molecule has 24 heavy (non-hydrogen) atoms. The van der Waals surface area contributed by atoms with E-state index in [9.17, 15) is 9.59 Å². The fraction of sp³-hybridized carbons (Fsp3) is 0.765. The van der Waals surface area contributed by atoms with Crippen LogP contribution in [0.1, 0.15) is 61.5 Å². The van der Waals surface area contributed by atoms with E-state index in [-0.39, 0.29) is 17.9 Å². The number of hydrogen-bond donors (Lipinski definition) is 1. The van der Waals surface area contributed by atoms with Crippen molar-refractivity contribution in [2.24, 2.45) is 11.8 Å². The molecule has 0 bridgehead atoms. The molecule has 1 aromatic heterocycles. The number of aromatic nitrogens is 3. The first-order valence-electron chi connectivity index (χ1n) is 9.19. The zero-order chi connectivity index (χ0) is 16.5. The number of carbonyl (C=O) groups is 2. The molecule has 2 amide bonds. The lowest BCUT2D eigenvalue weighted by Gasteiger charge is -2.41. The highest BCUT2D eigenvalue weighted by Crippen LogP contribution is 2.30. The molecule has 2 heterocycles. The van der Waals surface area contributed by atoms with Gasteiger partial charge in [0.05, 0.1) is 12.2 Å². The van der Waals surface area contributed by atoms with Crippen molar-refractivity contribution in [2.45, 2.75) is 51.0 Å². The summed E-state index contributed by atoms with van der Waals surface area (Å²) in [6, 6.07) is 0.148. The molecular weight excluding hydrogens is 306 g/mol. The number of rotatable bonds is 5. The van der Waals surface area contributed by atoms with Gasteiger partial charge in [-0.15, -0.1) is 5.10 Å². The molecule has 4 rings (SSSR count). The van der Waals surface area contributed by atoms with E-state index in [1.165, 1.54) is 32.1 Å². The Balaban J connectivity index is 1.27. The van der Waals surface area contributed by atoms with Crippen molar-refractivity contribution in [1.29, 1.82) is 0 Å². The summed E-state index contributed by atoms with van der Waals surface area (Å²) in [7, 11) is 0. The Morgan fingerprint density at radius 3 is 2.58 bits per heavy atom. The van der Waals surface area contributed by atoms with Crippen LogP contribution in [0.3, 0.4) is 0 Å². The van der Waals surface area contributed by atoms with Gasteiger partial charge in [-0.1, -0.05) is 24.5 Å². The first kappa shape index (κ1) is 15.6. The Kier molecular flexibility index (Phi) is 4.24. The second kappa shape index (κ2) is 6.53. The van der Waals surface area contributed by atoms with E-state index in [1.54, 1.807) is 10.9 Å². The highest BCUT2D eigenvalue weighted by atomic mass is 16.2. The highest BCUT2D eigenvalue weighted by Gasteiger charge is 2.36. The van der Waals surface area contributed by atoms with Crippen LogP contribution in [0.5, 0.6) is 0 Å². The smallest absolute Gasteiger partial charge is 0.273 e. The van der Waals surface area contributed by atoms with Gasteiger partial charge in [-0.05, 0) is 31.6 Å². The number of likely N-dealkylation sites (tertiary alicyclic amines) is 1. The minimum atomic E-state index is -0.150. The van der Waals surface area contributed by atoms with Crippen molar-refractivity contribution < 1.29 is 9.59 Å². The van der Waals surface area contributed by atoms with E-state index in [1.807, 2.05) is 4.90 Å². The molecule has 0 unspecified atom stereocenters. The quantitative estimate of drug-likeness (QED) is 0.884. The van der Waals surface area contributed by atoms with Gasteiger partial charge in [-0.25, -0.2) is 4.68 Å². The molecule has 3 aliphatic rings. The molecule has 2 aliphatic carbocycles. The van der Waals surface area contributed by atoms with Crippen LogP contribution in [0.2, 0.25) is 0 Å². The lowest BCUT2D eigenvalue weighted by molar-refractivity contribution is -0.142. The maximum Gasteiger partial charge on any atom is 0.273 e. The zero-order valence-corrected chi connectivity index (χ0v) is 14.0. The molecule has 3 fully saturated rings. The lowest BCUT2D eigenvalue weighted by atomic mass is 9.87. The molecular formula is C17H25N5O2. The van der Waals surface area contributed by atoms with Crippen molar-refractivity contribution in [1.82, 2.24) is 25.2 Å². The minimum Gasteiger partial charge on any atom is -0.350 e. The molecule has 1 aromatic rings. The number of carbonyl (C=O) groups excluding carboxylic acids is 2. The van der Waals surface area contributed by atoms with Crippen LogP contribution in [0.25, 0.3) is 0 Å². The van der Waals surface area contributed by atoms with Crippen molar-refractivity contribution >= 4 is 11.8 Å². The molecule has 0 aromatic carbocycles. The summed E-state index contributed by atoms with van der Waals surface area (Å²) in [6.45, 7) is 2.10. The topological polar surface area (TPSA) is 80.1 Å². The van der Waals surface area contributed by atoms with Crippen LogP contribution in [-0.2, 0) is 4.79 Å². The molecule has 0 atom stereocenters. The number of amides is 2. The van der Waals surface area contributed by atoms with Crippen LogP contribution >= 0.6 is 0 Å². The van der Waals surface area contributed by atoms with Crippen LogP contribution in [0.15, 0.2) is 6.20 Å². The molecule has 1 saturated heterocycles. The van der Waals surface area contributed by atoms with Crippen LogP contribution < -0.4 is 5.32 Å². The molecule has 0 radical (unpaired) electrons. The highest BCUT2D eigenvalue weighted by molar-refractivity contribution is 5.91. The van der Waals surface area contributed by atoms with E-state index in [0.717, 1.165) is 19.4 Å². The zero-order valence-electron chi connectivity index (χ0n) is 14.0. The van der Waals surface area contributed by atoms with Crippen LogP contribution in [0, 0.1) is 11.8 Å². The Morgan fingerprint density at radius 2 is 1.88 bits per heavy atom. The van der Waals surface area contributed by atoms with E-state index in [2.05, 4.69) is 15.6 Å². The predicted octanol–water partition coefficient (Wildman–Crippen LogP) is 1.38. The maximum absolute atomic E-state index is 12.4. The van der Waals surface area contributed by atoms with Crippen molar-refractivity contribution in [3.8, 4) is 0 Å². The first-order valence-corrected chi connectivity index (χ1v) is 9.19. The van der Waals surface area contributed by atoms with Crippen LogP contribution in [-0.4, -0.2) is 51.3 Å². The summed E-state index contributed by atoms with van der Waals surface area (Å²) in [4.78, 5) is 26.4. The van der Waals surface area contributed by atoms with Gasteiger partial charge >= 0.3 is 0 Å². The molecule has 7 nitrogen and oxygen atoms in total. The second-order valence-electron chi connectivity index (χ2n) is 7.47. The Morgan fingerprint density at radius 1 is 1.12 bits per heavy atom. The third-order valence-corrected chi connectivity index (χ3v) is 5.49. The van der Waals surface area contributed by atoms with Gasteiger partial charge in [0, 0.05) is 25.6 Å². The molecule has 130 valence electrons. The largest absolute Gasteiger partial charge is 0.350 e. The van der Waals surface area contributed by atoms with Crippen LogP contribution in [0.4, 0.5) is 0 Å².